The Balaban J connectivity index is 1.91. The summed E-state index contributed by atoms with van der Waals surface area (Å²) in [5.74, 6) is -0.379. The van der Waals surface area contributed by atoms with E-state index in [1.807, 2.05) is 12.1 Å². The molecule has 1 amide bonds. The van der Waals surface area contributed by atoms with Gasteiger partial charge in [-0.05, 0) is 17.7 Å². The first kappa shape index (κ1) is 20.2. The van der Waals surface area contributed by atoms with Gasteiger partial charge < -0.3 is 11.1 Å². The SMILES string of the molecule is N#Cc1c(N)nc(SCC(=O)Nc2cccnc2Cl)c(C#N)c1-c1ccccc1. The number of pyridine rings is 2. The number of benzene rings is 1. The fourth-order valence-corrected chi connectivity index (χ4v) is 3.56. The number of nitrogens with one attached hydrogen (secondary N) is 1. The lowest BCUT2D eigenvalue weighted by molar-refractivity contribution is -0.113. The van der Waals surface area contributed by atoms with Crippen LogP contribution in [0.4, 0.5) is 11.5 Å². The van der Waals surface area contributed by atoms with Crippen molar-refractivity contribution in [2.75, 3.05) is 16.8 Å². The van der Waals surface area contributed by atoms with E-state index in [4.69, 9.17) is 17.3 Å². The summed E-state index contributed by atoms with van der Waals surface area (Å²) in [5, 5.41) is 22.3. The van der Waals surface area contributed by atoms with Crippen molar-refractivity contribution >= 4 is 40.8 Å². The molecule has 0 aliphatic carbocycles. The molecule has 2 aromatic heterocycles. The van der Waals surface area contributed by atoms with Crippen LogP contribution in [0.2, 0.25) is 5.15 Å². The van der Waals surface area contributed by atoms with Gasteiger partial charge in [-0.15, -0.1) is 0 Å². The third-order valence-electron chi connectivity index (χ3n) is 3.85. The molecule has 3 rings (SSSR count). The Bertz CT molecular complexity index is 1150. The topological polar surface area (TPSA) is 128 Å². The number of halogens is 1. The number of anilines is 2. The lowest BCUT2D eigenvalue weighted by Gasteiger charge is -2.13. The molecule has 0 atom stereocenters. The zero-order valence-corrected chi connectivity index (χ0v) is 16.5. The van der Waals surface area contributed by atoms with Gasteiger partial charge in [-0.25, -0.2) is 9.97 Å². The summed E-state index contributed by atoms with van der Waals surface area (Å²) in [6.07, 6.45) is 1.51. The second-order valence-electron chi connectivity index (χ2n) is 5.70. The van der Waals surface area contributed by atoms with Crippen LogP contribution in [0, 0.1) is 22.7 Å². The van der Waals surface area contributed by atoms with Crippen LogP contribution in [0.15, 0.2) is 53.7 Å². The van der Waals surface area contributed by atoms with E-state index in [1.165, 1.54) is 6.20 Å². The maximum Gasteiger partial charge on any atom is 0.234 e. The highest BCUT2D eigenvalue weighted by Crippen LogP contribution is 2.35. The highest BCUT2D eigenvalue weighted by atomic mass is 35.5. The Hall–Kier alpha value is -3.59. The summed E-state index contributed by atoms with van der Waals surface area (Å²) in [6.45, 7) is 0. The molecular weight excluding hydrogens is 408 g/mol. The Morgan fingerprint density at radius 2 is 1.86 bits per heavy atom. The molecule has 0 aliphatic heterocycles. The zero-order chi connectivity index (χ0) is 20.8. The van der Waals surface area contributed by atoms with Gasteiger partial charge in [-0.1, -0.05) is 53.7 Å². The molecule has 0 spiro atoms. The number of hydrogen-bond acceptors (Lipinski definition) is 7. The van der Waals surface area contributed by atoms with Gasteiger partial charge in [0.15, 0.2) is 5.15 Å². The summed E-state index contributed by atoms with van der Waals surface area (Å²) in [4.78, 5) is 20.4. The van der Waals surface area contributed by atoms with Crippen LogP contribution in [0.25, 0.3) is 11.1 Å². The summed E-state index contributed by atoms with van der Waals surface area (Å²) in [6, 6.07) is 16.4. The predicted molar refractivity (Wildman–Crippen MR) is 112 cm³/mol. The minimum absolute atomic E-state index is 0.00330. The van der Waals surface area contributed by atoms with Crippen molar-refractivity contribution in [3.63, 3.8) is 0 Å². The predicted octanol–water partition coefficient (Wildman–Crippen LogP) is 3.85. The molecule has 3 N–H and O–H groups in total. The van der Waals surface area contributed by atoms with Crippen molar-refractivity contribution in [1.29, 1.82) is 10.5 Å². The molecule has 3 aromatic rings. The number of nitrogens with two attached hydrogens (primary N) is 1. The summed E-state index contributed by atoms with van der Waals surface area (Å²) < 4.78 is 0. The standard InChI is InChI=1S/C20H13ClN6OS/c21-18-15(7-4-8-25-18)26-16(28)11-29-20-14(10-23)17(12-5-2-1-3-6-12)13(9-22)19(24)27-20/h1-8H,11H2,(H2,24,27)(H,26,28). The molecule has 0 bridgehead atoms. The van der Waals surface area contributed by atoms with Crippen LogP contribution in [0.3, 0.4) is 0 Å². The molecule has 1 aromatic carbocycles. The minimum Gasteiger partial charge on any atom is -0.383 e. The quantitative estimate of drug-likeness (QED) is 0.473. The number of amides is 1. The lowest BCUT2D eigenvalue weighted by atomic mass is 9.97. The number of nitrogens with zero attached hydrogens (tertiary/aromatic N) is 4. The Morgan fingerprint density at radius 1 is 1.14 bits per heavy atom. The first-order valence-corrected chi connectivity index (χ1v) is 9.63. The number of hydrogen-bond donors (Lipinski definition) is 2. The number of rotatable bonds is 5. The molecule has 2 heterocycles. The van der Waals surface area contributed by atoms with E-state index in [0.717, 1.165) is 11.8 Å². The smallest absolute Gasteiger partial charge is 0.234 e. The normalized spacial score (nSPS) is 10.0. The summed E-state index contributed by atoms with van der Waals surface area (Å²) in [7, 11) is 0. The fourth-order valence-electron chi connectivity index (χ4n) is 2.60. The van der Waals surface area contributed by atoms with Gasteiger partial charge in [-0.3, -0.25) is 4.79 Å². The third-order valence-corrected chi connectivity index (χ3v) is 5.13. The minimum atomic E-state index is -0.347. The molecule has 7 nitrogen and oxygen atoms in total. The molecule has 9 heteroatoms. The Morgan fingerprint density at radius 3 is 2.52 bits per heavy atom. The average molecular weight is 421 g/mol. The number of nitrogen functional groups attached to an aromatic ring is 1. The van der Waals surface area contributed by atoms with Gasteiger partial charge in [0, 0.05) is 11.8 Å². The van der Waals surface area contributed by atoms with Crippen LogP contribution < -0.4 is 11.1 Å². The van der Waals surface area contributed by atoms with Gasteiger partial charge in [0.05, 0.1) is 17.0 Å². The van der Waals surface area contributed by atoms with E-state index in [2.05, 4.69) is 21.4 Å². The van der Waals surface area contributed by atoms with Crippen LogP contribution in [-0.4, -0.2) is 21.6 Å². The van der Waals surface area contributed by atoms with Crippen molar-refractivity contribution < 1.29 is 4.79 Å². The Kier molecular flexibility index (Phi) is 6.30. The number of thioether (sulfide) groups is 1. The first-order chi connectivity index (χ1) is 14.0. The molecule has 0 saturated carbocycles. The molecular formula is C20H13ClN6OS. The fraction of sp³-hybridized carbons (Fsp3) is 0.0500. The van der Waals surface area contributed by atoms with Crippen LogP contribution in [-0.2, 0) is 4.79 Å². The number of nitriles is 2. The molecule has 0 aliphatic rings. The van der Waals surface area contributed by atoms with Gasteiger partial charge in [0.2, 0.25) is 5.91 Å². The Labute approximate surface area is 176 Å². The van der Waals surface area contributed by atoms with E-state index in [0.29, 0.717) is 16.8 Å². The maximum atomic E-state index is 12.3. The van der Waals surface area contributed by atoms with Gasteiger partial charge in [-0.2, -0.15) is 10.5 Å². The maximum absolute atomic E-state index is 12.3. The van der Waals surface area contributed by atoms with E-state index in [9.17, 15) is 15.3 Å². The van der Waals surface area contributed by atoms with Crippen molar-refractivity contribution in [2.45, 2.75) is 5.03 Å². The first-order valence-electron chi connectivity index (χ1n) is 8.27. The van der Waals surface area contributed by atoms with E-state index in [1.54, 1.807) is 36.4 Å². The molecule has 142 valence electrons. The van der Waals surface area contributed by atoms with Crippen molar-refractivity contribution in [1.82, 2.24) is 9.97 Å². The second-order valence-corrected chi connectivity index (χ2v) is 7.02. The van der Waals surface area contributed by atoms with Crippen LogP contribution in [0.5, 0.6) is 0 Å². The molecule has 0 unspecified atom stereocenters. The van der Waals surface area contributed by atoms with Crippen LogP contribution in [0.1, 0.15) is 11.1 Å². The highest BCUT2D eigenvalue weighted by Gasteiger charge is 2.21. The van der Waals surface area contributed by atoms with Gasteiger partial charge in [0.1, 0.15) is 28.5 Å². The number of carbonyl (C=O) groups excluding carboxylic acids is 1. The highest BCUT2D eigenvalue weighted by molar-refractivity contribution is 8.00. The molecule has 0 fully saturated rings. The largest absolute Gasteiger partial charge is 0.383 e. The van der Waals surface area contributed by atoms with Gasteiger partial charge >= 0.3 is 0 Å². The second kappa shape index (κ2) is 9.07. The van der Waals surface area contributed by atoms with Crippen LogP contribution >= 0.6 is 23.4 Å². The molecule has 29 heavy (non-hydrogen) atoms. The monoisotopic (exact) mass is 420 g/mol. The number of aromatic nitrogens is 2. The summed E-state index contributed by atoms with van der Waals surface area (Å²) in [5.41, 5.74) is 7.74. The van der Waals surface area contributed by atoms with Crippen molar-refractivity contribution in [3.05, 3.63) is 64.9 Å². The van der Waals surface area contributed by atoms with E-state index >= 15 is 0 Å². The van der Waals surface area contributed by atoms with Crippen molar-refractivity contribution in [3.8, 4) is 23.3 Å². The van der Waals surface area contributed by atoms with Crippen molar-refractivity contribution in [2.24, 2.45) is 0 Å². The average Bonchev–Trinajstić information content (AvgIpc) is 2.74. The summed E-state index contributed by atoms with van der Waals surface area (Å²) >= 11 is 6.99. The molecule has 0 saturated heterocycles. The van der Waals surface area contributed by atoms with Gasteiger partial charge in [0.25, 0.3) is 0 Å². The molecule has 0 radical (unpaired) electrons. The van der Waals surface area contributed by atoms with E-state index < -0.39 is 0 Å². The lowest BCUT2D eigenvalue weighted by Crippen LogP contribution is -2.15. The zero-order valence-electron chi connectivity index (χ0n) is 14.9. The van der Waals surface area contributed by atoms with E-state index in [-0.39, 0.29) is 38.8 Å². The number of carbonyl (C=O) groups is 1. The third kappa shape index (κ3) is 4.46.